The third-order valence-corrected chi connectivity index (χ3v) is 2.78. The molecule has 0 atom stereocenters. The number of carbonyl (C=O) groups excluding carboxylic acids is 1. The van der Waals surface area contributed by atoms with E-state index in [1.165, 1.54) is 4.80 Å². The van der Waals surface area contributed by atoms with Crippen LogP contribution in [0, 0.1) is 12.3 Å². The molecule has 2 rings (SSSR count). The number of nitrogens with zero attached hydrogens (tertiary/aromatic N) is 3. The number of hydrogen-bond donors (Lipinski definition) is 3. The molecular formula is C11H11BrN6O. The highest BCUT2D eigenvalue weighted by molar-refractivity contribution is 9.10. The van der Waals surface area contributed by atoms with E-state index in [0.29, 0.717) is 5.69 Å². The minimum absolute atomic E-state index is 0.134. The van der Waals surface area contributed by atoms with Crippen molar-refractivity contribution >= 4 is 27.8 Å². The zero-order valence-electron chi connectivity index (χ0n) is 10.0. The fourth-order valence-electron chi connectivity index (χ4n) is 1.49. The van der Waals surface area contributed by atoms with Crippen molar-refractivity contribution in [3.05, 3.63) is 40.1 Å². The molecule has 0 aliphatic carbocycles. The van der Waals surface area contributed by atoms with Crippen LogP contribution in [0.1, 0.15) is 16.2 Å². The molecule has 19 heavy (non-hydrogen) atoms. The quantitative estimate of drug-likeness (QED) is 0.565. The van der Waals surface area contributed by atoms with E-state index in [4.69, 9.17) is 11.1 Å². The van der Waals surface area contributed by atoms with Crippen molar-refractivity contribution < 1.29 is 4.79 Å². The molecule has 0 spiro atoms. The normalized spacial score (nSPS) is 10.2. The van der Waals surface area contributed by atoms with Gasteiger partial charge in [-0.2, -0.15) is 9.90 Å². The lowest BCUT2D eigenvalue weighted by Crippen LogP contribution is -2.36. The fourth-order valence-corrected chi connectivity index (χ4v) is 1.87. The van der Waals surface area contributed by atoms with Gasteiger partial charge in [0.15, 0.2) is 11.7 Å². The monoisotopic (exact) mass is 322 g/mol. The third-order valence-electron chi connectivity index (χ3n) is 2.28. The summed E-state index contributed by atoms with van der Waals surface area (Å²) in [5.74, 6) is -0.979. The van der Waals surface area contributed by atoms with Crippen molar-refractivity contribution in [1.29, 1.82) is 5.41 Å². The standard InChI is InChI=1S/C11H11BrN6O/c1-6-9(10(19)15-11(13)14)17-18(16-6)8-4-2-3-7(12)5-8/h2-5H,1H3,(H4,13,14,15,19). The maximum atomic E-state index is 11.7. The Morgan fingerprint density at radius 1 is 1.47 bits per heavy atom. The van der Waals surface area contributed by atoms with Gasteiger partial charge in [-0.05, 0) is 25.1 Å². The van der Waals surface area contributed by atoms with Gasteiger partial charge >= 0.3 is 0 Å². The predicted octanol–water partition coefficient (Wildman–Crippen LogP) is 0.961. The Balaban J connectivity index is 2.36. The van der Waals surface area contributed by atoms with Crippen LogP contribution in [-0.2, 0) is 0 Å². The molecule has 0 aliphatic rings. The van der Waals surface area contributed by atoms with Gasteiger partial charge in [0, 0.05) is 4.47 Å². The van der Waals surface area contributed by atoms with Gasteiger partial charge in [0.25, 0.3) is 5.91 Å². The van der Waals surface area contributed by atoms with Crippen molar-refractivity contribution in [2.45, 2.75) is 6.92 Å². The summed E-state index contributed by atoms with van der Waals surface area (Å²) < 4.78 is 0.884. The minimum atomic E-state index is -0.550. The lowest BCUT2D eigenvalue weighted by atomic mass is 10.3. The molecule has 1 amide bonds. The van der Waals surface area contributed by atoms with Gasteiger partial charge in [0.1, 0.15) is 0 Å². The third kappa shape index (κ3) is 2.97. The molecule has 98 valence electrons. The van der Waals surface area contributed by atoms with E-state index in [1.54, 1.807) is 6.92 Å². The molecule has 0 saturated carbocycles. The van der Waals surface area contributed by atoms with Crippen LogP contribution < -0.4 is 11.1 Å². The topological polar surface area (TPSA) is 110 Å². The molecule has 0 bridgehead atoms. The summed E-state index contributed by atoms with van der Waals surface area (Å²) >= 11 is 3.35. The maximum absolute atomic E-state index is 11.7. The number of aryl methyl sites for hydroxylation is 1. The van der Waals surface area contributed by atoms with E-state index >= 15 is 0 Å². The number of halogens is 1. The van der Waals surface area contributed by atoms with Crippen LogP contribution in [0.4, 0.5) is 0 Å². The van der Waals surface area contributed by atoms with Crippen molar-refractivity contribution in [3.63, 3.8) is 0 Å². The second kappa shape index (κ2) is 5.19. The first-order valence-electron chi connectivity index (χ1n) is 5.32. The van der Waals surface area contributed by atoms with Gasteiger partial charge in [-0.25, -0.2) is 0 Å². The Labute approximate surface area is 117 Å². The summed E-state index contributed by atoms with van der Waals surface area (Å²) in [5.41, 5.74) is 6.42. The first-order chi connectivity index (χ1) is 8.97. The average molecular weight is 323 g/mol. The van der Waals surface area contributed by atoms with Crippen LogP contribution in [0.3, 0.4) is 0 Å². The molecule has 0 unspecified atom stereocenters. The summed E-state index contributed by atoms with van der Waals surface area (Å²) in [6.45, 7) is 1.66. The Morgan fingerprint density at radius 3 is 2.84 bits per heavy atom. The summed E-state index contributed by atoms with van der Waals surface area (Å²) in [6.07, 6.45) is 0. The summed E-state index contributed by atoms with van der Waals surface area (Å²) in [6, 6.07) is 7.36. The average Bonchev–Trinajstić information content (AvgIpc) is 2.70. The Hall–Kier alpha value is -2.22. The number of guanidine groups is 1. The number of carbonyl (C=O) groups is 1. The van der Waals surface area contributed by atoms with Crippen molar-refractivity contribution in [1.82, 2.24) is 20.3 Å². The molecule has 7 nitrogen and oxygen atoms in total. The number of amides is 1. The molecule has 0 fully saturated rings. The molecular weight excluding hydrogens is 312 g/mol. The minimum Gasteiger partial charge on any atom is -0.370 e. The Kier molecular flexibility index (Phi) is 3.61. The van der Waals surface area contributed by atoms with Crippen LogP contribution in [0.15, 0.2) is 28.7 Å². The van der Waals surface area contributed by atoms with E-state index in [-0.39, 0.29) is 5.69 Å². The van der Waals surface area contributed by atoms with Crippen LogP contribution in [0.2, 0.25) is 0 Å². The van der Waals surface area contributed by atoms with Gasteiger partial charge in [0.05, 0.1) is 11.4 Å². The SMILES string of the molecule is Cc1nn(-c2cccc(Br)c2)nc1C(=O)NC(=N)N. The number of nitrogens with two attached hydrogens (primary N) is 1. The first-order valence-corrected chi connectivity index (χ1v) is 6.12. The molecule has 2 aromatic rings. The van der Waals surface area contributed by atoms with E-state index < -0.39 is 11.9 Å². The van der Waals surface area contributed by atoms with Crippen LogP contribution in [-0.4, -0.2) is 26.9 Å². The molecule has 4 N–H and O–H groups in total. The van der Waals surface area contributed by atoms with E-state index in [2.05, 4.69) is 31.4 Å². The number of hydrogen-bond acceptors (Lipinski definition) is 4. The number of rotatable bonds is 2. The first kappa shape index (κ1) is 13.2. The van der Waals surface area contributed by atoms with Crippen LogP contribution in [0.5, 0.6) is 0 Å². The smallest absolute Gasteiger partial charge is 0.280 e. The molecule has 8 heteroatoms. The van der Waals surface area contributed by atoms with E-state index in [1.807, 2.05) is 24.3 Å². The van der Waals surface area contributed by atoms with Gasteiger partial charge in [-0.1, -0.05) is 22.0 Å². The Bertz CT molecular complexity index is 650. The molecule has 1 aromatic heterocycles. The number of aromatic nitrogens is 3. The summed E-state index contributed by atoms with van der Waals surface area (Å²) in [4.78, 5) is 13.1. The predicted molar refractivity (Wildman–Crippen MR) is 73.2 cm³/mol. The highest BCUT2D eigenvalue weighted by Gasteiger charge is 2.16. The summed E-state index contributed by atoms with van der Waals surface area (Å²) in [7, 11) is 0. The largest absolute Gasteiger partial charge is 0.370 e. The second-order valence-electron chi connectivity index (χ2n) is 3.77. The van der Waals surface area contributed by atoms with E-state index in [0.717, 1.165) is 10.2 Å². The van der Waals surface area contributed by atoms with Crippen LogP contribution in [0.25, 0.3) is 5.69 Å². The maximum Gasteiger partial charge on any atom is 0.280 e. The Morgan fingerprint density at radius 2 is 2.21 bits per heavy atom. The zero-order chi connectivity index (χ0) is 14.0. The van der Waals surface area contributed by atoms with E-state index in [9.17, 15) is 4.79 Å². The molecule has 1 aromatic carbocycles. The summed E-state index contributed by atoms with van der Waals surface area (Å²) in [5, 5.41) is 17.5. The van der Waals surface area contributed by atoms with Crippen molar-refractivity contribution in [3.8, 4) is 5.69 Å². The fraction of sp³-hybridized carbons (Fsp3) is 0.0909. The second-order valence-corrected chi connectivity index (χ2v) is 4.69. The number of benzene rings is 1. The van der Waals surface area contributed by atoms with Crippen molar-refractivity contribution in [2.24, 2.45) is 5.73 Å². The number of nitrogens with one attached hydrogen (secondary N) is 2. The molecule has 1 heterocycles. The lowest BCUT2D eigenvalue weighted by molar-refractivity contribution is 0.0970. The highest BCUT2D eigenvalue weighted by atomic mass is 79.9. The van der Waals surface area contributed by atoms with Gasteiger partial charge in [-0.15, -0.1) is 5.10 Å². The zero-order valence-corrected chi connectivity index (χ0v) is 11.6. The van der Waals surface area contributed by atoms with Crippen LogP contribution >= 0.6 is 15.9 Å². The van der Waals surface area contributed by atoms with Crippen molar-refractivity contribution in [2.75, 3.05) is 0 Å². The molecule has 0 saturated heterocycles. The highest BCUT2D eigenvalue weighted by Crippen LogP contribution is 2.15. The van der Waals surface area contributed by atoms with Gasteiger partial charge < -0.3 is 5.73 Å². The molecule has 0 radical (unpaired) electrons. The molecule has 0 aliphatic heterocycles. The van der Waals surface area contributed by atoms with Gasteiger partial charge in [-0.3, -0.25) is 15.5 Å². The van der Waals surface area contributed by atoms with Gasteiger partial charge in [0.2, 0.25) is 0 Å². The lowest BCUT2D eigenvalue weighted by Gasteiger charge is -2.00.